The Hall–Kier alpha value is -0.390. The molecule has 0 unspecified atom stereocenters. The lowest BCUT2D eigenvalue weighted by Gasteiger charge is -1.98. The number of hydrogen-bond donors (Lipinski definition) is 0. The second-order valence-electron chi connectivity index (χ2n) is 2.07. The van der Waals surface area contributed by atoms with Crippen LogP contribution in [0.15, 0.2) is 11.1 Å². The molecule has 0 spiro atoms. The molecule has 0 saturated carbocycles. The van der Waals surface area contributed by atoms with Gasteiger partial charge in [-0.15, -0.1) is 0 Å². The molecule has 7 heteroatoms. The average Bonchev–Trinajstić information content (AvgIpc) is 1.83. The Balaban J connectivity index is 3.39. The van der Waals surface area contributed by atoms with E-state index in [2.05, 4.69) is 9.97 Å². The van der Waals surface area contributed by atoms with Crippen molar-refractivity contribution < 1.29 is 8.42 Å². The van der Waals surface area contributed by atoms with Crippen LogP contribution in [0, 0.1) is 0 Å². The quantitative estimate of drug-likeness (QED) is 0.534. The SMILES string of the molecule is CS(=O)(=O)c1cnc(Cl)nc1Cl. The first kappa shape index (κ1) is 9.70. The van der Waals surface area contributed by atoms with Gasteiger partial charge in [-0.1, -0.05) is 11.6 Å². The molecule has 0 saturated heterocycles. The van der Waals surface area contributed by atoms with Crippen LogP contribution >= 0.6 is 23.2 Å². The van der Waals surface area contributed by atoms with Crippen LogP contribution < -0.4 is 0 Å². The van der Waals surface area contributed by atoms with E-state index in [4.69, 9.17) is 23.2 Å². The summed E-state index contributed by atoms with van der Waals surface area (Å²) in [4.78, 5) is 6.86. The van der Waals surface area contributed by atoms with Gasteiger partial charge in [0.2, 0.25) is 5.28 Å². The maximum absolute atomic E-state index is 11.0. The smallest absolute Gasteiger partial charge is 0.223 e. The lowest BCUT2D eigenvalue weighted by atomic mass is 10.7. The van der Waals surface area contributed by atoms with E-state index >= 15 is 0 Å². The Kier molecular flexibility index (Phi) is 2.55. The molecule has 1 heterocycles. The third-order valence-corrected chi connectivity index (χ3v) is 2.76. The van der Waals surface area contributed by atoms with Gasteiger partial charge < -0.3 is 0 Å². The minimum atomic E-state index is -3.37. The van der Waals surface area contributed by atoms with E-state index in [-0.39, 0.29) is 15.3 Å². The standard InChI is InChI=1S/C5H4Cl2N2O2S/c1-12(10,11)3-2-8-5(7)9-4(3)6/h2H,1H3. The molecule has 0 atom stereocenters. The summed E-state index contributed by atoms with van der Waals surface area (Å²) >= 11 is 10.9. The molecule has 4 nitrogen and oxygen atoms in total. The number of hydrogen-bond acceptors (Lipinski definition) is 4. The van der Waals surface area contributed by atoms with Crippen LogP contribution in [0.4, 0.5) is 0 Å². The van der Waals surface area contributed by atoms with Crippen LogP contribution in [0.5, 0.6) is 0 Å². The Morgan fingerprint density at radius 2 is 2.00 bits per heavy atom. The van der Waals surface area contributed by atoms with Gasteiger partial charge in [0, 0.05) is 6.26 Å². The van der Waals surface area contributed by atoms with Crippen molar-refractivity contribution in [1.29, 1.82) is 0 Å². The fourth-order valence-corrected chi connectivity index (χ4v) is 1.90. The molecule has 1 rings (SSSR count). The highest BCUT2D eigenvalue weighted by molar-refractivity contribution is 7.90. The molecule has 0 fully saturated rings. The highest BCUT2D eigenvalue weighted by Gasteiger charge is 2.13. The van der Waals surface area contributed by atoms with E-state index < -0.39 is 9.84 Å². The zero-order chi connectivity index (χ0) is 9.35. The van der Waals surface area contributed by atoms with Crippen molar-refractivity contribution in [2.24, 2.45) is 0 Å². The van der Waals surface area contributed by atoms with Gasteiger partial charge in [0.15, 0.2) is 15.0 Å². The molecule has 0 aliphatic heterocycles. The Morgan fingerprint density at radius 1 is 1.42 bits per heavy atom. The van der Waals surface area contributed by atoms with Gasteiger partial charge in [-0.2, -0.15) is 0 Å². The molecule has 1 aromatic rings. The van der Waals surface area contributed by atoms with Crippen LogP contribution in [-0.4, -0.2) is 24.6 Å². The second kappa shape index (κ2) is 3.16. The van der Waals surface area contributed by atoms with Crippen LogP contribution in [0.1, 0.15) is 0 Å². The zero-order valence-electron chi connectivity index (χ0n) is 5.95. The maximum Gasteiger partial charge on any atom is 0.223 e. The van der Waals surface area contributed by atoms with Crippen LogP contribution in [0.2, 0.25) is 10.4 Å². The fraction of sp³-hybridized carbons (Fsp3) is 0.200. The minimum Gasteiger partial charge on any atom is -0.225 e. The van der Waals surface area contributed by atoms with E-state index in [1.54, 1.807) is 0 Å². The molecule has 12 heavy (non-hydrogen) atoms. The predicted molar refractivity (Wildman–Crippen MR) is 45.2 cm³/mol. The average molecular weight is 227 g/mol. The molecule has 0 radical (unpaired) electrons. The molecule has 66 valence electrons. The van der Waals surface area contributed by atoms with Crippen LogP contribution in [0.25, 0.3) is 0 Å². The zero-order valence-corrected chi connectivity index (χ0v) is 8.28. The van der Waals surface area contributed by atoms with E-state index in [9.17, 15) is 8.42 Å². The van der Waals surface area contributed by atoms with Crippen molar-refractivity contribution in [3.05, 3.63) is 16.6 Å². The summed E-state index contributed by atoms with van der Waals surface area (Å²) < 4.78 is 21.9. The Labute approximate surface area is 79.5 Å². The normalized spacial score (nSPS) is 11.6. The number of halogens is 2. The Bertz CT molecular complexity index is 404. The first-order chi connectivity index (χ1) is 5.41. The molecule has 0 N–H and O–H groups in total. The van der Waals surface area contributed by atoms with Gasteiger partial charge in [-0.25, -0.2) is 18.4 Å². The molecule has 0 aliphatic rings. The largest absolute Gasteiger partial charge is 0.225 e. The molecule has 1 aromatic heterocycles. The summed E-state index contributed by atoms with van der Waals surface area (Å²) in [5, 5.41) is -0.232. The Morgan fingerprint density at radius 3 is 2.42 bits per heavy atom. The van der Waals surface area contributed by atoms with Crippen LogP contribution in [0.3, 0.4) is 0 Å². The summed E-state index contributed by atoms with van der Waals surface area (Å²) in [6.07, 6.45) is 2.10. The van der Waals surface area contributed by atoms with Gasteiger partial charge >= 0.3 is 0 Å². The molecular formula is C5H4Cl2N2O2S. The lowest BCUT2D eigenvalue weighted by Crippen LogP contribution is -2.00. The van der Waals surface area contributed by atoms with Gasteiger partial charge in [0.25, 0.3) is 0 Å². The van der Waals surface area contributed by atoms with Gasteiger partial charge in [-0.3, -0.25) is 0 Å². The van der Waals surface area contributed by atoms with Crippen molar-refractivity contribution in [3.8, 4) is 0 Å². The first-order valence-electron chi connectivity index (χ1n) is 2.79. The molecule has 0 amide bonds. The topological polar surface area (TPSA) is 59.9 Å². The minimum absolute atomic E-state index is 0.0765. The van der Waals surface area contributed by atoms with E-state index in [0.717, 1.165) is 12.5 Å². The fourth-order valence-electron chi connectivity index (χ4n) is 0.579. The van der Waals surface area contributed by atoms with Gasteiger partial charge in [0.1, 0.15) is 4.90 Å². The van der Waals surface area contributed by atoms with Crippen LogP contribution in [-0.2, 0) is 9.84 Å². The van der Waals surface area contributed by atoms with Crippen molar-refractivity contribution in [2.45, 2.75) is 4.90 Å². The number of sulfone groups is 1. The summed E-state index contributed by atoms with van der Waals surface area (Å²) in [6, 6.07) is 0. The van der Waals surface area contributed by atoms with Crippen molar-refractivity contribution in [1.82, 2.24) is 9.97 Å². The van der Waals surface area contributed by atoms with Crippen molar-refractivity contribution in [3.63, 3.8) is 0 Å². The highest BCUT2D eigenvalue weighted by Crippen LogP contribution is 2.18. The summed E-state index contributed by atoms with van der Waals surface area (Å²) in [5.74, 6) is 0. The van der Waals surface area contributed by atoms with Gasteiger partial charge in [-0.05, 0) is 11.6 Å². The maximum atomic E-state index is 11.0. The van der Waals surface area contributed by atoms with E-state index in [0.29, 0.717) is 0 Å². The van der Waals surface area contributed by atoms with E-state index in [1.807, 2.05) is 0 Å². The summed E-state index contributed by atoms with van der Waals surface area (Å²) in [6.45, 7) is 0. The van der Waals surface area contributed by atoms with E-state index in [1.165, 1.54) is 0 Å². The monoisotopic (exact) mass is 226 g/mol. The molecule has 0 aromatic carbocycles. The molecule has 0 bridgehead atoms. The number of nitrogens with zero attached hydrogens (tertiary/aromatic N) is 2. The lowest BCUT2D eigenvalue weighted by molar-refractivity contribution is 0.601. The first-order valence-corrected chi connectivity index (χ1v) is 5.44. The second-order valence-corrected chi connectivity index (χ2v) is 4.75. The summed E-state index contributed by atoms with van der Waals surface area (Å²) in [7, 11) is -3.37. The highest BCUT2D eigenvalue weighted by atomic mass is 35.5. The molecular weight excluding hydrogens is 223 g/mol. The van der Waals surface area contributed by atoms with Crippen molar-refractivity contribution in [2.75, 3.05) is 6.26 Å². The number of rotatable bonds is 1. The third-order valence-electron chi connectivity index (χ3n) is 1.08. The summed E-state index contributed by atoms with van der Waals surface area (Å²) in [5.41, 5.74) is 0. The molecule has 0 aliphatic carbocycles. The predicted octanol–water partition coefficient (Wildman–Crippen LogP) is 1.19. The van der Waals surface area contributed by atoms with Gasteiger partial charge in [0.05, 0.1) is 6.20 Å². The van der Waals surface area contributed by atoms with Crippen molar-refractivity contribution >= 4 is 33.0 Å². The number of aromatic nitrogens is 2. The third kappa shape index (κ3) is 2.06.